The van der Waals surface area contributed by atoms with Crippen LogP contribution in [0.25, 0.3) is 10.2 Å². The number of fused-ring (bicyclic) bond motifs is 1. The predicted octanol–water partition coefficient (Wildman–Crippen LogP) is 3.41. The van der Waals surface area contributed by atoms with Crippen molar-refractivity contribution in [3.63, 3.8) is 0 Å². The minimum atomic E-state index is -3.53. The van der Waals surface area contributed by atoms with Crippen LogP contribution < -0.4 is 10.2 Å². The van der Waals surface area contributed by atoms with E-state index in [9.17, 15) is 17.6 Å². The number of thiazole rings is 1. The lowest BCUT2D eigenvalue weighted by molar-refractivity contribution is 0.0947. The molecular weight excluding hydrogens is 513 g/mol. The molecule has 0 saturated carbocycles. The Morgan fingerprint density at radius 1 is 1.11 bits per heavy atom. The van der Waals surface area contributed by atoms with Gasteiger partial charge in [-0.05, 0) is 61.2 Å². The maximum Gasteiger partial charge on any atom is 0.251 e. The normalized spacial score (nSPS) is 19.8. The van der Waals surface area contributed by atoms with Crippen LogP contribution in [0.3, 0.4) is 0 Å². The molecule has 1 amide bonds. The first-order valence-electron chi connectivity index (χ1n) is 12.7. The molecule has 3 aromatic rings. The van der Waals surface area contributed by atoms with E-state index >= 15 is 0 Å². The maximum absolute atomic E-state index is 13.5. The van der Waals surface area contributed by atoms with Crippen molar-refractivity contribution in [1.82, 2.24) is 19.5 Å². The molecule has 2 saturated heterocycles. The molecule has 1 atom stereocenters. The van der Waals surface area contributed by atoms with Gasteiger partial charge in [0.05, 0.1) is 15.1 Å². The van der Waals surface area contributed by atoms with Crippen LogP contribution >= 0.6 is 11.3 Å². The first kappa shape index (κ1) is 26.0. The highest BCUT2D eigenvalue weighted by Crippen LogP contribution is 2.30. The van der Waals surface area contributed by atoms with Gasteiger partial charge in [-0.3, -0.25) is 9.69 Å². The molecule has 37 heavy (non-hydrogen) atoms. The number of amides is 1. The fourth-order valence-electron chi connectivity index (χ4n) is 4.91. The Morgan fingerprint density at radius 3 is 2.59 bits per heavy atom. The van der Waals surface area contributed by atoms with E-state index in [4.69, 9.17) is 0 Å². The van der Waals surface area contributed by atoms with Gasteiger partial charge in [0.25, 0.3) is 5.91 Å². The van der Waals surface area contributed by atoms with Crippen LogP contribution in [-0.2, 0) is 10.0 Å². The van der Waals surface area contributed by atoms with Crippen LogP contribution in [0.2, 0.25) is 0 Å². The number of halogens is 1. The molecule has 198 valence electrons. The molecular formula is C26H32FN5O3S2. The van der Waals surface area contributed by atoms with Gasteiger partial charge in [-0.25, -0.2) is 17.8 Å². The topological polar surface area (TPSA) is 85.8 Å². The molecule has 1 N–H and O–H groups in total. The van der Waals surface area contributed by atoms with Crippen molar-refractivity contribution in [1.29, 1.82) is 0 Å². The van der Waals surface area contributed by atoms with E-state index in [1.165, 1.54) is 35.6 Å². The number of carbonyl (C=O) groups excluding carboxylic acids is 1. The molecule has 0 spiro atoms. The van der Waals surface area contributed by atoms with Crippen LogP contribution in [0, 0.1) is 11.7 Å². The second-order valence-corrected chi connectivity index (χ2v) is 12.8. The van der Waals surface area contributed by atoms with Gasteiger partial charge in [0, 0.05) is 57.9 Å². The molecule has 0 aliphatic carbocycles. The molecule has 3 heterocycles. The summed E-state index contributed by atoms with van der Waals surface area (Å²) < 4.78 is 41.7. The summed E-state index contributed by atoms with van der Waals surface area (Å²) in [7, 11) is -3.53. The lowest BCUT2D eigenvalue weighted by Gasteiger charge is -2.34. The number of carbonyl (C=O) groups is 1. The highest BCUT2D eigenvalue weighted by molar-refractivity contribution is 7.89. The lowest BCUT2D eigenvalue weighted by atomic mass is 10.0. The summed E-state index contributed by atoms with van der Waals surface area (Å²) in [5.41, 5.74) is 1.27. The number of sulfonamides is 1. The molecule has 0 radical (unpaired) electrons. The minimum absolute atomic E-state index is 0.212. The monoisotopic (exact) mass is 545 g/mol. The number of nitrogens with zero attached hydrogens (tertiary/aromatic N) is 4. The minimum Gasteiger partial charge on any atom is -0.351 e. The number of benzene rings is 2. The Kier molecular flexibility index (Phi) is 7.75. The van der Waals surface area contributed by atoms with Crippen molar-refractivity contribution in [2.24, 2.45) is 5.92 Å². The highest BCUT2D eigenvalue weighted by atomic mass is 32.2. The first-order valence-corrected chi connectivity index (χ1v) is 15.0. The number of rotatable bonds is 7. The maximum atomic E-state index is 13.5. The second-order valence-electron chi connectivity index (χ2n) is 9.83. The predicted molar refractivity (Wildman–Crippen MR) is 144 cm³/mol. The number of anilines is 1. The fraction of sp³-hybridized carbons (Fsp3) is 0.462. The standard InChI is InChI=1S/C26H32FN5O3S2/c1-19-3-2-11-32(18-19)37(34,35)22-7-4-20(5-8-22)25(33)28-10-12-30-13-15-31(16-14-30)26-29-23-9-6-21(27)17-24(23)36-26/h4-9,17,19H,2-3,10-16,18H2,1H3,(H,28,33). The van der Waals surface area contributed by atoms with E-state index < -0.39 is 10.0 Å². The van der Waals surface area contributed by atoms with Gasteiger partial charge in [0.2, 0.25) is 10.0 Å². The number of hydrogen-bond acceptors (Lipinski definition) is 7. The van der Waals surface area contributed by atoms with Crippen molar-refractivity contribution in [2.75, 3.05) is 57.3 Å². The van der Waals surface area contributed by atoms with Crippen LogP contribution in [0.5, 0.6) is 0 Å². The SMILES string of the molecule is CC1CCCN(S(=O)(=O)c2ccc(C(=O)NCCN3CCN(c4nc5ccc(F)cc5s4)CC3)cc2)C1. The zero-order valence-electron chi connectivity index (χ0n) is 20.9. The highest BCUT2D eigenvalue weighted by Gasteiger charge is 2.28. The summed E-state index contributed by atoms with van der Waals surface area (Å²) >= 11 is 1.51. The zero-order valence-corrected chi connectivity index (χ0v) is 22.5. The third kappa shape index (κ3) is 5.95. The second kappa shape index (κ2) is 11.0. The number of nitrogens with one attached hydrogen (secondary N) is 1. The average Bonchev–Trinajstić information content (AvgIpc) is 3.32. The Labute approximate surface area is 221 Å². The summed E-state index contributed by atoms with van der Waals surface area (Å²) in [6.07, 6.45) is 1.92. The molecule has 2 fully saturated rings. The van der Waals surface area contributed by atoms with Crippen LogP contribution in [0.4, 0.5) is 9.52 Å². The van der Waals surface area contributed by atoms with Crippen LogP contribution in [0.15, 0.2) is 47.4 Å². The molecule has 1 unspecified atom stereocenters. The van der Waals surface area contributed by atoms with Crippen LogP contribution in [0.1, 0.15) is 30.1 Å². The summed E-state index contributed by atoms with van der Waals surface area (Å²) in [6, 6.07) is 10.9. The molecule has 2 aliphatic heterocycles. The first-order chi connectivity index (χ1) is 17.8. The molecule has 1 aromatic heterocycles. The molecule has 5 rings (SSSR count). The number of hydrogen-bond donors (Lipinski definition) is 1. The van der Waals surface area contributed by atoms with Gasteiger partial charge in [-0.2, -0.15) is 4.31 Å². The van der Waals surface area contributed by atoms with Crippen molar-refractivity contribution < 1.29 is 17.6 Å². The Hall–Kier alpha value is -2.60. The van der Waals surface area contributed by atoms with Crippen LogP contribution in [-0.4, -0.2) is 80.9 Å². The number of piperidine rings is 1. The summed E-state index contributed by atoms with van der Waals surface area (Å²) in [5.74, 6) is -0.103. The molecule has 2 aliphatic rings. The van der Waals surface area contributed by atoms with Gasteiger partial charge in [0.1, 0.15) is 5.82 Å². The van der Waals surface area contributed by atoms with Gasteiger partial charge < -0.3 is 10.2 Å². The third-order valence-corrected chi connectivity index (χ3v) is 10.0. The van der Waals surface area contributed by atoms with E-state index in [2.05, 4.69) is 27.0 Å². The van der Waals surface area contributed by atoms with Crippen molar-refractivity contribution in [3.8, 4) is 0 Å². The van der Waals surface area contributed by atoms with Crippen molar-refractivity contribution >= 4 is 42.6 Å². The summed E-state index contributed by atoms with van der Waals surface area (Å²) in [4.78, 5) is 22.0. The van der Waals surface area contributed by atoms with E-state index in [0.29, 0.717) is 31.1 Å². The Bertz CT molecular complexity index is 1350. The average molecular weight is 546 g/mol. The quantitative estimate of drug-likeness (QED) is 0.490. The lowest BCUT2D eigenvalue weighted by Crippen LogP contribution is -2.48. The Balaban J connectivity index is 1.08. The third-order valence-electron chi connectivity index (χ3n) is 7.07. The van der Waals surface area contributed by atoms with Gasteiger partial charge in [0.15, 0.2) is 5.13 Å². The summed E-state index contributed by atoms with van der Waals surface area (Å²) in [5, 5.41) is 3.85. The van der Waals surface area contributed by atoms with Crippen molar-refractivity contribution in [2.45, 2.75) is 24.7 Å². The Morgan fingerprint density at radius 2 is 1.86 bits per heavy atom. The summed E-state index contributed by atoms with van der Waals surface area (Å²) in [6.45, 7) is 7.73. The smallest absolute Gasteiger partial charge is 0.251 e. The molecule has 8 nitrogen and oxygen atoms in total. The van der Waals surface area contributed by atoms with E-state index in [0.717, 1.165) is 60.9 Å². The van der Waals surface area contributed by atoms with E-state index in [-0.39, 0.29) is 16.6 Å². The fourth-order valence-corrected chi connectivity index (χ4v) is 7.55. The van der Waals surface area contributed by atoms with Gasteiger partial charge >= 0.3 is 0 Å². The molecule has 0 bridgehead atoms. The largest absolute Gasteiger partial charge is 0.351 e. The zero-order chi connectivity index (χ0) is 26.0. The number of piperazine rings is 1. The van der Waals surface area contributed by atoms with E-state index in [1.807, 2.05) is 0 Å². The molecule has 2 aromatic carbocycles. The molecule has 11 heteroatoms. The van der Waals surface area contributed by atoms with E-state index in [1.54, 1.807) is 22.5 Å². The van der Waals surface area contributed by atoms with Gasteiger partial charge in [-0.15, -0.1) is 0 Å². The van der Waals surface area contributed by atoms with Crippen molar-refractivity contribution in [3.05, 3.63) is 53.8 Å². The van der Waals surface area contributed by atoms with Gasteiger partial charge in [-0.1, -0.05) is 18.3 Å². The number of aromatic nitrogens is 1.